The minimum absolute atomic E-state index is 0.0942. The van der Waals surface area contributed by atoms with E-state index in [0.29, 0.717) is 6.42 Å². The lowest BCUT2D eigenvalue weighted by Gasteiger charge is -2.14. The Labute approximate surface area is 92.6 Å². The van der Waals surface area contributed by atoms with Crippen LogP contribution in [-0.2, 0) is 12.6 Å². The smallest absolute Gasteiger partial charge is 0.271 e. The lowest BCUT2D eigenvalue weighted by molar-refractivity contribution is -0.137. The molecule has 0 heterocycles. The van der Waals surface area contributed by atoms with Gasteiger partial charge in [-0.15, -0.1) is 0 Å². The number of hydrogen-bond donors (Lipinski definition) is 2. The van der Waals surface area contributed by atoms with Gasteiger partial charge in [0.2, 0.25) is 0 Å². The highest BCUT2D eigenvalue weighted by Crippen LogP contribution is 2.29. The maximum Gasteiger partial charge on any atom is 0.416 e. The Kier molecular flexibility index (Phi) is 4.32. The van der Waals surface area contributed by atoms with Crippen LogP contribution >= 0.6 is 0 Å². The lowest BCUT2D eigenvalue weighted by Crippen LogP contribution is -2.36. The van der Waals surface area contributed by atoms with Gasteiger partial charge < -0.3 is 0 Å². The van der Waals surface area contributed by atoms with Crippen LogP contribution in [0.15, 0.2) is 24.3 Å². The molecule has 16 heavy (non-hydrogen) atoms. The Morgan fingerprint density at radius 1 is 1.25 bits per heavy atom. The average molecular weight is 232 g/mol. The fourth-order valence-corrected chi connectivity index (χ4v) is 1.44. The molecule has 0 saturated carbocycles. The fourth-order valence-electron chi connectivity index (χ4n) is 1.44. The highest BCUT2D eigenvalue weighted by molar-refractivity contribution is 5.25. The molecule has 5 heteroatoms. The van der Waals surface area contributed by atoms with Crippen molar-refractivity contribution in [1.29, 1.82) is 0 Å². The van der Waals surface area contributed by atoms with Crippen molar-refractivity contribution < 1.29 is 13.2 Å². The van der Waals surface area contributed by atoms with Crippen LogP contribution in [0.3, 0.4) is 0 Å². The number of nitrogens with two attached hydrogens (primary N) is 1. The minimum Gasteiger partial charge on any atom is -0.271 e. The van der Waals surface area contributed by atoms with Gasteiger partial charge in [0.05, 0.1) is 5.56 Å². The molecule has 0 amide bonds. The highest BCUT2D eigenvalue weighted by Gasteiger charge is 2.29. The van der Waals surface area contributed by atoms with E-state index >= 15 is 0 Å². The first-order chi connectivity index (χ1) is 7.47. The molecule has 1 atom stereocenters. The standard InChI is InChI=1S/C11H15F3N2/c1-2-10(16-15)7-8-3-5-9(6-4-8)11(12,13)14/h3-6,10,16H,2,7,15H2,1H3. The Hall–Kier alpha value is -1.07. The van der Waals surface area contributed by atoms with Crippen LogP contribution in [-0.4, -0.2) is 6.04 Å². The SMILES string of the molecule is CCC(Cc1ccc(C(F)(F)F)cc1)NN. The third-order valence-electron chi connectivity index (χ3n) is 2.49. The van der Waals surface area contributed by atoms with E-state index in [1.54, 1.807) is 0 Å². The quantitative estimate of drug-likeness (QED) is 0.618. The van der Waals surface area contributed by atoms with Crippen LogP contribution in [0.1, 0.15) is 24.5 Å². The summed E-state index contributed by atoms with van der Waals surface area (Å²) in [6.45, 7) is 1.97. The normalized spacial score (nSPS) is 13.8. The number of hydrazine groups is 1. The molecule has 1 aromatic rings. The number of nitrogens with one attached hydrogen (secondary N) is 1. The van der Waals surface area contributed by atoms with Gasteiger partial charge in [-0.25, -0.2) is 0 Å². The minimum atomic E-state index is -4.27. The summed E-state index contributed by atoms with van der Waals surface area (Å²) in [5, 5.41) is 0. The maximum atomic E-state index is 12.3. The van der Waals surface area contributed by atoms with Crippen molar-refractivity contribution in [3.05, 3.63) is 35.4 Å². The third kappa shape index (κ3) is 3.50. The van der Waals surface area contributed by atoms with Crippen molar-refractivity contribution in [2.45, 2.75) is 32.0 Å². The average Bonchev–Trinajstić information content (AvgIpc) is 2.25. The summed E-state index contributed by atoms with van der Waals surface area (Å²) < 4.78 is 36.8. The van der Waals surface area contributed by atoms with E-state index < -0.39 is 11.7 Å². The van der Waals surface area contributed by atoms with Crippen molar-refractivity contribution in [3.63, 3.8) is 0 Å². The number of rotatable bonds is 4. The van der Waals surface area contributed by atoms with E-state index in [1.807, 2.05) is 6.92 Å². The van der Waals surface area contributed by atoms with Gasteiger partial charge in [-0.05, 0) is 30.5 Å². The molecule has 2 nitrogen and oxygen atoms in total. The van der Waals surface area contributed by atoms with Crippen LogP contribution in [0, 0.1) is 0 Å². The molecule has 0 aromatic heterocycles. The first-order valence-electron chi connectivity index (χ1n) is 5.09. The summed E-state index contributed by atoms with van der Waals surface area (Å²) in [6.07, 6.45) is -2.81. The van der Waals surface area contributed by atoms with E-state index in [4.69, 9.17) is 5.84 Å². The number of alkyl halides is 3. The molecular formula is C11H15F3N2. The third-order valence-corrected chi connectivity index (χ3v) is 2.49. The second kappa shape index (κ2) is 5.32. The summed E-state index contributed by atoms with van der Waals surface area (Å²) in [6, 6.07) is 5.26. The van der Waals surface area contributed by atoms with Gasteiger partial charge >= 0.3 is 6.18 Å². The zero-order valence-corrected chi connectivity index (χ0v) is 9.01. The molecule has 3 N–H and O–H groups in total. The molecular weight excluding hydrogens is 217 g/mol. The van der Waals surface area contributed by atoms with E-state index in [1.165, 1.54) is 12.1 Å². The van der Waals surface area contributed by atoms with Gasteiger partial charge in [-0.3, -0.25) is 11.3 Å². The van der Waals surface area contributed by atoms with Gasteiger partial charge in [0, 0.05) is 6.04 Å². The number of hydrogen-bond acceptors (Lipinski definition) is 2. The van der Waals surface area contributed by atoms with Gasteiger partial charge in [0.1, 0.15) is 0 Å². The fraction of sp³-hybridized carbons (Fsp3) is 0.455. The van der Waals surface area contributed by atoms with Crippen LogP contribution in [0.5, 0.6) is 0 Å². The van der Waals surface area contributed by atoms with Crippen molar-refractivity contribution in [2.24, 2.45) is 5.84 Å². The summed E-state index contributed by atoms with van der Waals surface area (Å²) in [5.74, 6) is 5.30. The molecule has 0 aliphatic carbocycles. The summed E-state index contributed by atoms with van der Waals surface area (Å²) >= 11 is 0. The Balaban J connectivity index is 2.72. The number of halogens is 3. The van der Waals surface area contributed by atoms with Crippen molar-refractivity contribution in [1.82, 2.24) is 5.43 Å². The zero-order valence-electron chi connectivity index (χ0n) is 9.01. The second-order valence-corrected chi connectivity index (χ2v) is 3.67. The predicted molar refractivity (Wildman–Crippen MR) is 56.6 cm³/mol. The van der Waals surface area contributed by atoms with Crippen molar-refractivity contribution >= 4 is 0 Å². The van der Waals surface area contributed by atoms with E-state index in [9.17, 15) is 13.2 Å². The van der Waals surface area contributed by atoms with Gasteiger partial charge in [0.25, 0.3) is 0 Å². The zero-order chi connectivity index (χ0) is 12.2. The maximum absolute atomic E-state index is 12.3. The molecule has 0 saturated heterocycles. The first-order valence-corrected chi connectivity index (χ1v) is 5.09. The van der Waals surface area contributed by atoms with Gasteiger partial charge in [0.15, 0.2) is 0 Å². The first kappa shape index (κ1) is 13.0. The summed E-state index contributed by atoms with van der Waals surface area (Å²) in [5.41, 5.74) is 2.85. The highest BCUT2D eigenvalue weighted by atomic mass is 19.4. The lowest BCUT2D eigenvalue weighted by atomic mass is 10.0. The second-order valence-electron chi connectivity index (χ2n) is 3.67. The molecule has 90 valence electrons. The van der Waals surface area contributed by atoms with Gasteiger partial charge in [-0.2, -0.15) is 13.2 Å². The largest absolute Gasteiger partial charge is 0.416 e. The predicted octanol–water partition coefficient (Wildman–Crippen LogP) is 2.49. The molecule has 0 fully saturated rings. The molecule has 0 bridgehead atoms. The van der Waals surface area contributed by atoms with Crippen LogP contribution < -0.4 is 11.3 Å². The summed E-state index contributed by atoms with van der Waals surface area (Å²) in [4.78, 5) is 0. The molecule has 1 rings (SSSR count). The number of benzene rings is 1. The summed E-state index contributed by atoms with van der Waals surface area (Å²) in [7, 11) is 0. The van der Waals surface area contributed by atoms with Crippen LogP contribution in [0.2, 0.25) is 0 Å². The van der Waals surface area contributed by atoms with E-state index in [-0.39, 0.29) is 6.04 Å². The van der Waals surface area contributed by atoms with Crippen LogP contribution in [0.25, 0.3) is 0 Å². The molecule has 0 spiro atoms. The topological polar surface area (TPSA) is 38.0 Å². The van der Waals surface area contributed by atoms with Crippen molar-refractivity contribution in [2.75, 3.05) is 0 Å². The Bertz CT molecular complexity index is 315. The Morgan fingerprint density at radius 2 is 1.81 bits per heavy atom. The molecule has 1 unspecified atom stereocenters. The molecule has 0 aliphatic heterocycles. The Morgan fingerprint density at radius 3 is 2.19 bits per heavy atom. The van der Waals surface area contributed by atoms with Gasteiger partial charge in [-0.1, -0.05) is 19.1 Å². The van der Waals surface area contributed by atoms with Crippen molar-refractivity contribution in [3.8, 4) is 0 Å². The molecule has 0 radical (unpaired) electrons. The van der Waals surface area contributed by atoms with E-state index in [0.717, 1.165) is 24.1 Å². The molecule has 1 aromatic carbocycles. The molecule has 0 aliphatic rings. The van der Waals surface area contributed by atoms with E-state index in [2.05, 4.69) is 5.43 Å². The monoisotopic (exact) mass is 232 g/mol. The van der Waals surface area contributed by atoms with Crippen LogP contribution in [0.4, 0.5) is 13.2 Å².